The first-order chi connectivity index (χ1) is 8.08. The molecule has 6 nitrogen and oxygen atoms in total. The van der Waals surface area contributed by atoms with Crippen LogP contribution in [-0.2, 0) is 14.2 Å². The maximum Gasteiger partial charge on any atom is 0.187 e. The number of ether oxygens (including phenoxy) is 3. The van der Waals surface area contributed by atoms with Crippen LogP contribution in [-0.4, -0.2) is 57.4 Å². The highest BCUT2D eigenvalue weighted by molar-refractivity contribution is 5.39. The molecule has 0 bridgehead atoms. The summed E-state index contributed by atoms with van der Waals surface area (Å²) in [6.45, 7) is 7.21. The zero-order valence-electron chi connectivity index (χ0n) is 11.0. The Morgan fingerprint density at radius 1 is 1.06 bits per heavy atom. The Morgan fingerprint density at radius 3 is 2.06 bits per heavy atom. The summed E-state index contributed by atoms with van der Waals surface area (Å²) in [4.78, 5) is 0. The second-order valence-electron chi connectivity index (χ2n) is 6.43. The van der Waals surface area contributed by atoms with Gasteiger partial charge in [0.1, 0.15) is 17.8 Å². The molecule has 0 aromatic carbocycles. The van der Waals surface area contributed by atoms with E-state index in [9.17, 15) is 15.3 Å². The van der Waals surface area contributed by atoms with Crippen molar-refractivity contribution in [1.29, 1.82) is 0 Å². The Morgan fingerprint density at radius 2 is 1.67 bits per heavy atom. The van der Waals surface area contributed by atoms with E-state index in [1.807, 2.05) is 0 Å². The van der Waals surface area contributed by atoms with Gasteiger partial charge in [0.25, 0.3) is 0 Å². The van der Waals surface area contributed by atoms with E-state index >= 15 is 0 Å². The van der Waals surface area contributed by atoms with Gasteiger partial charge >= 0.3 is 0 Å². The lowest BCUT2D eigenvalue weighted by Gasteiger charge is -2.28. The van der Waals surface area contributed by atoms with Gasteiger partial charge in [0, 0.05) is 5.41 Å². The quantitative estimate of drug-likeness (QED) is 0.581. The molecule has 3 rings (SSSR count). The van der Waals surface area contributed by atoms with Gasteiger partial charge in [-0.3, -0.25) is 0 Å². The molecule has 2 aliphatic heterocycles. The minimum atomic E-state index is -1.64. The van der Waals surface area contributed by atoms with E-state index in [1.165, 1.54) is 0 Å². The van der Waals surface area contributed by atoms with E-state index < -0.39 is 40.9 Å². The normalized spacial score (nSPS) is 56.5. The summed E-state index contributed by atoms with van der Waals surface area (Å²) in [5.74, 6) is -0.741. The van der Waals surface area contributed by atoms with Crippen molar-refractivity contribution < 1.29 is 29.5 Å². The van der Waals surface area contributed by atoms with E-state index in [2.05, 4.69) is 0 Å². The third kappa shape index (κ3) is 1.10. The van der Waals surface area contributed by atoms with Crippen LogP contribution in [0.5, 0.6) is 0 Å². The lowest BCUT2D eigenvalue weighted by atomic mass is 9.98. The van der Waals surface area contributed by atoms with Crippen LogP contribution in [0.3, 0.4) is 0 Å². The van der Waals surface area contributed by atoms with Crippen LogP contribution >= 0.6 is 0 Å². The standard InChI is InChI=1S/C12H20O6/c1-9(2)11(14)7(17-8(13)12(9,11)15)6-5-16-10(3,4)18-6/h6-8,13-15H,5H2,1-4H3/t6-,7+,8?,11+,12-/m1/s1. The van der Waals surface area contributed by atoms with Gasteiger partial charge in [0.15, 0.2) is 17.7 Å². The molecule has 5 atom stereocenters. The number of rotatable bonds is 1. The lowest BCUT2D eigenvalue weighted by molar-refractivity contribution is -0.211. The van der Waals surface area contributed by atoms with Crippen molar-refractivity contribution in [3.05, 3.63) is 0 Å². The molecule has 18 heavy (non-hydrogen) atoms. The molecule has 0 spiro atoms. The van der Waals surface area contributed by atoms with E-state index in [0.29, 0.717) is 0 Å². The molecular formula is C12H20O6. The van der Waals surface area contributed by atoms with Gasteiger partial charge in [-0.15, -0.1) is 0 Å². The van der Waals surface area contributed by atoms with Crippen molar-refractivity contribution in [2.75, 3.05) is 6.61 Å². The van der Waals surface area contributed by atoms with Crippen molar-refractivity contribution in [2.24, 2.45) is 5.41 Å². The van der Waals surface area contributed by atoms with Crippen LogP contribution < -0.4 is 0 Å². The van der Waals surface area contributed by atoms with Crippen molar-refractivity contribution in [3.8, 4) is 0 Å². The van der Waals surface area contributed by atoms with Gasteiger partial charge in [0.2, 0.25) is 0 Å². The fourth-order valence-corrected chi connectivity index (χ4v) is 3.52. The van der Waals surface area contributed by atoms with Gasteiger partial charge in [-0.2, -0.15) is 0 Å². The Bertz CT molecular complexity index is 394. The van der Waals surface area contributed by atoms with E-state index in [0.717, 1.165) is 0 Å². The Labute approximate surface area is 105 Å². The average Bonchev–Trinajstić information content (AvgIpc) is 2.59. The minimum Gasteiger partial charge on any atom is -0.383 e. The van der Waals surface area contributed by atoms with Crippen LogP contribution in [0, 0.1) is 5.41 Å². The SMILES string of the molecule is CC1(C)OC[C@H]([C@@H]2OC(O)[C@@]3(O)C(C)(C)[C@@]23O)O1. The summed E-state index contributed by atoms with van der Waals surface area (Å²) < 4.78 is 16.4. The van der Waals surface area contributed by atoms with Crippen molar-refractivity contribution >= 4 is 0 Å². The Kier molecular flexibility index (Phi) is 2.19. The molecule has 2 saturated heterocycles. The molecule has 2 heterocycles. The largest absolute Gasteiger partial charge is 0.383 e. The van der Waals surface area contributed by atoms with E-state index in [1.54, 1.807) is 27.7 Å². The van der Waals surface area contributed by atoms with Crippen LogP contribution in [0.1, 0.15) is 27.7 Å². The molecule has 104 valence electrons. The van der Waals surface area contributed by atoms with Crippen molar-refractivity contribution in [3.63, 3.8) is 0 Å². The number of fused-ring (bicyclic) bond motifs is 1. The average molecular weight is 260 g/mol. The van der Waals surface area contributed by atoms with Gasteiger partial charge in [-0.25, -0.2) is 0 Å². The second kappa shape index (κ2) is 3.08. The Hall–Kier alpha value is -0.240. The highest BCUT2D eigenvalue weighted by atomic mass is 16.8. The predicted molar refractivity (Wildman–Crippen MR) is 59.5 cm³/mol. The number of aliphatic hydroxyl groups excluding tert-OH is 1. The fraction of sp³-hybridized carbons (Fsp3) is 1.00. The zero-order valence-corrected chi connectivity index (χ0v) is 11.0. The summed E-state index contributed by atoms with van der Waals surface area (Å²) in [5, 5.41) is 30.8. The first kappa shape index (κ1) is 12.8. The maximum atomic E-state index is 10.6. The number of hydrogen-bond donors (Lipinski definition) is 3. The molecule has 0 aromatic heterocycles. The van der Waals surface area contributed by atoms with Crippen LogP contribution in [0.2, 0.25) is 0 Å². The Balaban J connectivity index is 1.89. The summed E-state index contributed by atoms with van der Waals surface area (Å²) in [6.07, 6.45) is -2.71. The molecule has 0 aromatic rings. The first-order valence-electron chi connectivity index (χ1n) is 6.18. The molecule has 0 radical (unpaired) electrons. The van der Waals surface area contributed by atoms with Crippen molar-refractivity contribution in [1.82, 2.24) is 0 Å². The zero-order chi connectivity index (χ0) is 13.6. The van der Waals surface area contributed by atoms with Gasteiger partial charge in [-0.1, -0.05) is 13.8 Å². The van der Waals surface area contributed by atoms with Crippen LogP contribution in [0.15, 0.2) is 0 Å². The molecule has 0 amide bonds. The molecule has 1 saturated carbocycles. The van der Waals surface area contributed by atoms with E-state index in [4.69, 9.17) is 14.2 Å². The maximum absolute atomic E-state index is 10.6. The third-order valence-corrected chi connectivity index (χ3v) is 4.84. The summed E-state index contributed by atoms with van der Waals surface area (Å²) in [6, 6.07) is 0. The number of hydrogen-bond acceptors (Lipinski definition) is 6. The molecule has 1 aliphatic carbocycles. The third-order valence-electron chi connectivity index (χ3n) is 4.84. The summed E-state index contributed by atoms with van der Waals surface area (Å²) in [5.41, 5.74) is -3.98. The van der Waals surface area contributed by atoms with Crippen LogP contribution in [0.25, 0.3) is 0 Å². The molecule has 1 unspecified atom stereocenters. The molecule has 3 aliphatic rings. The highest BCUT2D eigenvalue weighted by Gasteiger charge is 2.93. The van der Waals surface area contributed by atoms with Gasteiger partial charge in [0.05, 0.1) is 6.61 Å². The molecule has 3 N–H and O–H groups in total. The van der Waals surface area contributed by atoms with Crippen molar-refractivity contribution in [2.45, 2.75) is 63.2 Å². The van der Waals surface area contributed by atoms with Crippen LogP contribution in [0.4, 0.5) is 0 Å². The topological polar surface area (TPSA) is 88.4 Å². The van der Waals surface area contributed by atoms with E-state index in [-0.39, 0.29) is 6.61 Å². The highest BCUT2D eigenvalue weighted by Crippen LogP contribution is 2.73. The lowest BCUT2D eigenvalue weighted by Crippen LogP contribution is -2.44. The molecule has 3 fully saturated rings. The first-order valence-corrected chi connectivity index (χ1v) is 6.18. The smallest absolute Gasteiger partial charge is 0.187 e. The number of aliphatic hydroxyl groups is 3. The molecule has 6 heteroatoms. The summed E-state index contributed by atoms with van der Waals surface area (Å²) >= 11 is 0. The van der Waals surface area contributed by atoms with Gasteiger partial charge in [-0.05, 0) is 13.8 Å². The second-order valence-corrected chi connectivity index (χ2v) is 6.43. The monoisotopic (exact) mass is 260 g/mol. The fourth-order valence-electron chi connectivity index (χ4n) is 3.52. The van der Waals surface area contributed by atoms with Gasteiger partial charge < -0.3 is 29.5 Å². The summed E-state index contributed by atoms with van der Waals surface area (Å²) in [7, 11) is 0. The predicted octanol–water partition coefficient (Wildman–Crippen LogP) is -0.643. The molecular weight excluding hydrogens is 240 g/mol. The minimum absolute atomic E-state index is 0.263.